The minimum atomic E-state index is -2.65. The number of amides is 1. The lowest BCUT2D eigenvalue weighted by atomic mass is 9.33. The molecular formula is C116H163NO20Si2. The number of carbonyl (C=O) groups is 4. The number of carbonyl (C=O) groups excluding carboxylic acids is 4. The molecule has 4 aliphatic heterocycles. The van der Waals surface area contributed by atoms with E-state index in [1.54, 1.807) is 0 Å². The van der Waals surface area contributed by atoms with Crippen molar-refractivity contribution in [3.05, 3.63) is 227 Å². The summed E-state index contributed by atoms with van der Waals surface area (Å²) in [4.78, 5) is 60.6. The van der Waals surface area contributed by atoms with Gasteiger partial charge in [-0.25, -0.2) is 0 Å². The van der Waals surface area contributed by atoms with E-state index in [1.807, 2.05) is 203 Å². The molecule has 8 fully saturated rings. The summed E-state index contributed by atoms with van der Waals surface area (Å²) in [6.07, 6.45) is 4.46. The number of fused-ring (bicyclic) bond motifs is 8. The Morgan fingerprint density at radius 1 is 0.475 bits per heavy atom. The number of allylic oxidation sites excluding steroid dienone is 2. The monoisotopic (exact) mass is 1950 g/mol. The molecule has 0 radical (unpaired) electrons. The Hall–Kier alpha value is -6.99. The number of nitrogens with one attached hydrogen (secondary N) is 1. The summed E-state index contributed by atoms with van der Waals surface area (Å²) in [5.41, 5.74) is 3.96. The molecule has 0 aromatic heterocycles. The van der Waals surface area contributed by atoms with Gasteiger partial charge in [0.1, 0.15) is 61.7 Å². The van der Waals surface area contributed by atoms with Crippen molar-refractivity contribution in [3.63, 3.8) is 0 Å². The molecule has 5 aliphatic carbocycles. The maximum atomic E-state index is 18.1. The fraction of sp³-hybridized carbons (Fsp3) is 0.638. The Balaban J connectivity index is 0.787. The molecule has 0 spiro atoms. The van der Waals surface area contributed by atoms with Crippen LogP contribution in [0.3, 0.4) is 0 Å². The van der Waals surface area contributed by atoms with Gasteiger partial charge in [0.15, 0.2) is 41.1 Å². The third-order valence-electron chi connectivity index (χ3n) is 34.7. The molecule has 9 aliphatic rings. The van der Waals surface area contributed by atoms with Crippen LogP contribution in [0.5, 0.6) is 0 Å². The SMILES string of the molecule is CC[Si](CC)(CC)O[C@H]1CCC2(C)C3CC=C4C5CC(C)(C)CC[C@]5(C(=O)O[C@@H]5O[C@H](COCc6ccccc6)[C@H](NC(=O)CCCCCCCCCCC(=O)OCc6ccccc6)C(OCc6ccccc6)C5O[C@@H]5O[C@H](C)[C@H](O[C@@H]6OC[C@@H](OCc7ccccc7)C(OCc7ccccc7)C6OCc6ccccc6)C6OC(C)(C)OC65)[C@@H](O[Si](CC)(CC)CC)C[C@@]4(C)C3(C)CC[C@H]2[C@@]1(C)C=O. The normalized spacial score (nSPS) is 33.0. The molecule has 760 valence electrons. The van der Waals surface area contributed by atoms with Crippen molar-refractivity contribution < 1.29 is 94.3 Å². The molecule has 10 unspecified atom stereocenters. The first-order chi connectivity index (χ1) is 67.0. The number of hydrogen-bond donors (Lipinski definition) is 1. The Kier molecular flexibility index (Phi) is 36.3. The zero-order valence-corrected chi connectivity index (χ0v) is 87.9. The van der Waals surface area contributed by atoms with Gasteiger partial charge in [0, 0.05) is 12.8 Å². The Morgan fingerprint density at radius 3 is 1.51 bits per heavy atom. The predicted molar refractivity (Wildman–Crippen MR) is 542 cm³/mol. The first-order valence-corrected chi connectivity index (χ1v) is 58.1. The predicted octanol–water partition coefficient (Wildman–Crippen LogP) is 23.7. The maximum absolute atomic E-state index is 18.1. The van der Waals surface area contributed by atoms with E-state index < -0.39 is 137 Å². The van der Waals surface area contributed by atoms with Crippen LogP contribution in [-0.2, 0) is 134 Å². The highest BCUT2D eigenvalue weighted by molar-refractivity contribution is 6.74. The van der Waals surface area contributed by atoms with Crippen LogP contribution in [0.15, 0.2) is 194 Å². The highest BCUT2D eigenvalue weighted by atomic mass is 28.4. The quantitative estimate of drug-likeness (QED) is 0.0123. The third kappa shape index (κ3) is 24.2. The molecule has 21 nitrogen and oxygen atoms in total. The molecule has 139 heavy (non-hydrogen) atoms. The minimum absolute atomic E-state index is 0.0522. The van der Waals surface area contributed by atoms with Gasteiger partial charge in [0.2, 0.25) is 12.2 Å². The smallest absolute Gasteiger partial charge is 0.317 e. The van der Waals surface area contributed by atoms with Crippen molar-refractivity contribution in [2.45, 2.75) is 406 Å². The van der Waals surface area contributed by atoms with E-state index in [4.69, 9.17) is 75.2 Å². The highest BCUT2D eigenvalue weighted by Gasteiger charge is 2.74. The summed E-state index contributed by atoms with van der Waals surface area (Å²) in [5, 5.41) is 3.53. The van der Waals surface area contributed by atoms with Crippen LogP contribution >= 0.6 is 0 Å². The first-order valence-electron chi connectivity index (χ1n) is 53.1. The number of ether oxygens (including phenoxy) is 14. The first kappa shape index (κ1) is 106. The molecule has 23 heteroatoms. The zero-order chi connectivity index (χ0) is 98.2. The molecule has 6 aromatic rings. The fourth-order valence-electron chi connectivity index (χ4n) is 25.9. The average molecular weight is 1950 g/mol. The number of unbranched alkanes of at least 4 members (excludes halogenated alkanes) is 7. The molecule has 15 rings (SSSR count). The lowest BCUT2D eigenvalue weighted by Crippen LogP contribution is -2.70. The second kappa shape index (κ2) is 47.5. The lowest BCUT2D eigenvalue weighted by molar-refractivity contribution is -0.366. The van der Waals surface area contributed by atoms with Crippen LogP contribution in [-0.4, -0.2) is 158 Å². The summed E-state index contributed by atoms with van der Waals surface area (Å²) >= 11 is 0. The van der Waals surface area contributed by atoms with E-state index >= 15 is 9.59 Å². The van der Waals surface area contributed by atoms with Crippen LogP contribution in [0.25, 0.3) is 0 Å². The van der Waals surface area contributed by atoms with E-state index in [0.717, 1.165) is 153 Å². The van der Waals surface area contributed by atoms with E-state index in [0.29, 0.717) is 38.7 Å². The summed E-state index contributed by atoms with van der Waals surface area (Å²) < 4.78 is 116. The zero-order valence-electron chi connectivity index (χ0n) is 85.9. The van der Waals surface area contributed by atoms with E-state index in [9.17, 15) is 9.59 Å². The standard InChI is InChI=1S/C116H163NO20Si2/c1-16-138(17-2,18-3)136-94-65-66-112(12)92(113(94,13)80-118)64-67-114(14)93(112)63-62-88-89-70-110(8,9)68-69-116(89,95(71-115(88,114)15)137-139(19-4,20-5)21-6)109(121)133-107-104(101(126-76-86-56-42-32-43-57-86)98(90(130-107)78-122-72-82-48-34-28-35-49-82)117-96(119)60-46-26-24-22-23-25-27-47-61-97(120)124-74-84-52-38-30-39-53-84)132-108-105-102(134-111(10,11)135-105)99(81(7)129-108)131-106-103(127-77-87-58-44-33-45-59-87)100(125-75-85-54-40-31-41-55-85)91(79-128-106)123-73-83-50-36-29-37-51-83/h28-45,48-59,62,80-81,89-95,98-108H,16-27,46-47,60-61,63-79H2,1-15H3,(H,117,119)/t81-,89?,90-,91-,92-,93?,94+,95+,98+,99+,100?,101?,102?,103?,104?,105?,106+,107+,108+,112?,113-,114?,115-,116-/m1/s1. The van der Waals surface area contributed by atoms with Gasteiger partial charge in [0.25, 0.3) is 0 Å². The minimum Gasteiger partial charge on any atom is -0.461 e. The maximum Gasteiger partial charge on any atom is 0.317 e. The van der Waals surface area contributed by atoms with Crippen molar-refractivity contribution in [1.29, 1.82) is 0 Å². The number of rotatable bonds is 47. The van der Waals surface area contributed by atoms with Gasteiger partial charge in [-0.3, -0.25) is 14.4 Å². The number of esters is 2. The van der Waals surface area contributed by atoms with Crippen molar-refractivity contribution >= 4 is 40.8 Å². The Bertz CT molecular complexity index is 4860. The van der Waals surface area contributed by atoms with Crippen molar-refractivity contribution in [3.8, 4) is 0 Å². The van der Waals surface area contributed by atoms with Crippen molar-refractivity contribution in [2.24, 2.45) is 50.2 Å². The van der Waals surface area contributed by atoms with Gasteiger partial charge in [-0.1, -0.05) is 315 Å². The van der Waals surface area contributed by atoms with Crippen LogP contribution in [0.4, 0.5) is 0 Å². The largest absolute Gasteiger partial charge is 0.461 e. The molecular weight excluding hydrogens is 1780 g/mol. The highest BCUT2D eigenvalue weighted by Crippen LogP contribution is 2.77. The molecule has 0 bridgehead atoms. The number of benzene rings is 6. The van der Waals surface area contributed by atoms with E-state index in [1.165, 1.54) is 11.9 Å². The van der Waals surface area contributed by atoms with Gasteiger partial charge < -0.3 is 85.3 Å². The average Bonchev–Trinajstić information content (AvgIpc) is 0.853. The van der Waals surface area contributed by atoms with Crippen LogP contribution in [0.1, 0.15) is 259 Å². The fourth-order valence-corrected chi connectivity index (χ4v) is 31.8. The molecule has 1 amide bonds. The Morgan fingerprint density at radius 2 is 0.964 bits per heavy atom. The number of aldehydes is 1. The summed E-state index contributed by atoms with van der Waals surface area (Å²) in [6.45, 7) is 35.4. The van der Waals surface area contributed by atoms with Crippen LogP contribution < -0.4 is 5.32 Å². The molecule has 6 aromatic carbocycles. The molecule has 1 N–H and O–H groups in total. The number of hydrogen-bond acceptors (Lipinski definition) is 20. The van der Waals surface area contributed by atoms with Gasteiger partial charge >= 0.3 is 11.9 Å². The Labute approximate surface area is 831 Å². The summed E-state index contributed by atoms with van der Waals surface area (Å²) in [5.74, 6) is -2.06. The topological polar surface area (TPSA) is 228 Å². The third-order valence-corrected chi connectivity index (χ3v) is 44.0. The second-order valence-electron chi connectivity index (χ2n) is 44.0. The lowest BCUT2D eigenvalue weighted by Gasteiger charge is -2.72. The van der Waals surface area contributed by atoms with E-state index in [-0.39, 0.29) is 105 Å². The summed E-state index contributed by atoms with van der Waals surface area (Å²) in [6, 6.07) is 64.5. The van der Waals surface area contributed by atoms with Crippen LogP contribution in [0.2, 0.25) is 36.3 Å². The second-order valence-corrected chi connectivity index (χ2v) is 53.4. The van der Waals surface area contributed by atoms with E-state index in [2.05, 4.69) is 94.5 Å². The molecule has 4 heterocycles. The van der Waals surface area contributed by atoms with Crippen LogP contribution in [0, 0.1) is 50.2 Å². The molecule has 4 saturated heterocycles. The molecule has 4 saturated carbocycles. The van der Waals surface area contributed by atoms with Gasteiger partial charge in [-0.15, -0.1) is 0 Å². The van der Waals surface area contributed by atoms with Gasteiger partial charge in [-0.05, 0) is 200 Å². The van der Waals surface area contributed by atoms with Gasteiger partial charge in [-0.2, -0.15) is 0 Å². The molecule has 24 atom stereocenters. The van der Waals surface area contributed by atoms with Crippen molar-refractivity contribution in [2.75, 3.05) is 13.2 Å². The van der Waals surface area contributed by atoms with Crippen molar-refractivity contribution in [1.82, 2.24) is 5.32 Å². The summed E-state index contributed by atoms with van der Waals surface area (Å²) in [7, 11) is -4.76. The van der Waals surface area contributed by atoms with Gasteiger partial charge in [0.05, 0.1) is 81.4 Å².